The maximum Gasteiger partial charge on any atom is 0.344 e. The second-order valence-corrected chi connectivity index (χ2v) is 6.11. The summed E-state index contributed by atoms with van der Waals surface area (Å²) < 4.78 is 15.5. The first-order valence-electron chi connectivity index (χ1n) is 8.39. The van der Waals surface area contributed by atoms with Crippen molar-refractivity contribution >= 4 is 17.5 Å². The molecule has 2 aromatic carbocycles. The van der Waals surface area contributed by atoms with Crippen LogP contribution in [0.4, 0.5) is 0 Å². The van der Waals surface area contributed by atoms with Gasteiger partial charge in [-0.3, -0.25) is 9.59 Å². The minimum atomic E-state index is -0.675. The van der Waals surface area contributed by atoms with E-state index in [0.29, 0.717) is 22.6 Å². The molecule has 0 bridgehead atoms. The lowest BCUT2D eigenvalue weighted by Crippen LogP contribution is -2.20. The van der Waals surface area contributed by atoms with Crippen LogP contribution < -0.4 is 9.47 Å². The van der Waals surface area contributed by atoms with Gasteiger partial charge < -0.3 is 14.2 Å². The van der Waals surface area contributed by atoms with Gasteiger partial charge in [0.25, 0.3) is 0 Å². The molecule has 0 N–H and O–H groups in total. The van der Waals surface area contributed by atoms with Crippen molar-refractivity contribution < 1.29 is 28.6 Å². The lowest BCUT2D eigenvalue weighted by atomic mass is 10.0. The number of rotatable bonds is 8. The average Bonchev–Trinajstić information content (AvgIpc) is 2.64. The highest BCUT2D eigenvalue weighted by molar-refractivity contribution is 5.99. The van der Waals surface area contributed by atoms with Crippen LogP contribution in [0.15, 0.2) is 36.4 Å². The third-order valence-electron chi connectivity index (χ3n) is 3.96. The predicted octanol–water partition coefficient (Wildman–Crippen LogP) is 3.32. The molecule has 6 heteroatoms. The van der Waals surface area contributed by atoms with Crippen LogP contribution in [0, 0.1) is 13.8 Å². The van der Waals surface area contributed by atoms with Crippen LogP contribution in [-0.2, 0) is 9.53 Å². The summed E-state index contributed by atoms with van der Waals surface area (Å²) in [7, 11) is 1.44. The molecule has 0 atom stereocenters. The lowest BCUT2D eigenvalue weighted by molar-refractivity contribution is -0.144. The van der Waals surface area contributed by atoms with Crippen molar-refractivity contribution in [2.24, 2.45) is 0 Å². The van der Waals surface area contributed by atoms with Crippen molar-refractivity contribution in [3.63, 3.8) is 0 Å². The van der Waals surface area contributed by atoms with E-state index in [1.54, 1.807) is 18.2 Å². The summed E-state index contributed by atoms with van der Waals surface area (Å²) in [6.45, 7) is 4.49. The number of esters is 1. The number of ketones is 2. The zero-order valence-electron chi connectivity index (χ0n) is 15.8. The van der Waals surface area contributed by atoms with Crippen LogP contribution in [0.5, 0.6) is 11.5 Å². The summed E-state index contributed by atoms with van der Waals surface area (Å²) in [5.41, 5.74) is 2.89. The monoisotopic (exact) mass is 370 g/mol. The Morgan fingerprint density at radius 2 is 1.67 bits per heavy atom. The third-order valence-corrected chi connectivity index (χ3v) is 3.96. The molecule has 2 aromatic rings. The molecule has 0 amide bonds. The average molecular weight is 370 g/mol. The second-order valence-electron chi connectivity index (χ2n) is 6.11. The molecule has 0 fully saturated rings. The number of carbonyl (C=O) groups excluding carboxylic acids is 3. The van der Waals surface area contributed by atoms with Crippen molar-refractivity contribution in [1.29, 1.82) is 0 Å². The fraction of sp³-hybridized carbons (Fsp3) is 0.286. The molecule has 27 heavy (non-hydrogen) atoms. The third kappa shape index (κ3) is 5.41. The summed E-state index contributed by atoms with van der Waals surface area (Å²) in [4.78, 5) is 35.5. The Morgan fingerprint density at radius 3 is 2.30 bits per heavy atom. The molecule has 0 aliphatic carbocycles. The summed E-state index contributed by atoms with van der Waals surface area (Å²) in [5.74, 6) is -0.416. The summed E-state index contributed by atoms with van der Waals surface area (Å²) in [6.07, 6.45) is 0. The molecule has 0 aliphatic heterocycles. The van der Waals surface area contributed by atoms with Gasteiger partial charge in [-0.2, -0.15) is 0 Å². The van der Waals surface area contributed by atoms with Crippen LogP contribution in [0.1, 0.15) is 38.8 Å². The van der Waals surface area contributed by atoms with Gasteiger partial charge in [0, 0.05) is 11.1 Å². The Hall–Kier alpha value is -3.15. The van der Waals surface area contributed by atoms with E-state index in [1.807, 2.05) is 26.0 Å². The maximum absolute atomic E-state index is 12.2. The number of Topliss-reactive ketones (excluding diaryl/α,β-unsaturated/α-hetero) is 2. The number of hydrogen-bond acceptors (Lipinski definition) is 6. The zero-order valence-corrected chi connectivity index (χ0v) is 15.8. The molecule has 0 aromatic heterocycles. The lowest BCUT2D eigenvalue weighted by Gasteiger charge is -2.11. The van der Waals surface area contributed by atoms with E-state index in [1.165, 1.54) is 20.1 Å². The first kappa shape index (κ1) is 20.2. The van der Waals surface area contributed by atoms with Crippen molar-refractivity contribution in [2.75, 3.05) is 20.3 Å². The Morgan fingerprint density at radius 1 is 0.926 bits per heavy atom. The van der Waals surface area contributed by atoms with Gasteiger partial charge in [-0.05, 0) is 44.5 Å². The fourth-order valence-corrected chi connectivity index (χ4v) is 2.53. The number of hydrogen-bond donors (Lipinski definition) is 0. The molecule has 0 unspecified atom stereocenters. The molecule has 0 saturated carbocycles. The highest BCUT2D eigenvalue weighted by Crippen LogP contribution is 2.28. The van der Waals surface area contributed by atoms with E-state index < -0.39 is 5.97 Å². The molecule has 6 nitrogen and oxygen atoms in total. The van der Waals surface area contributed by atoms with Crippen molar-refractivity contribution in [2.45, 2.75) is 20.8 Å². The molecular formula is C21H22O6. The van der Waals surface area contributed by atoms with Crippen LogP contribution in [0.3, 0.4) is 0 Å². The maximum atomic E-state index is 12.2. The van der Waals surface area contributed by atoms with Crippen molar-refractivity contribution in [1.82, 2.24) is 0 Å². The predicted molar refractivity (Wildman–Crippen MR) is 99.7 cm³/mol. The van der Waals surface area contributed by atoms with Gasteiger partial charge in [0.2, 0.25) is 5.78 Å². The van der Waals surface area contributed by atoms with Gasteiger partial charge in [-0.15, -0.1) is 0 Å². The largest absolute Gasteiger partial charge is 0.493 e. The number of methoxy groups -OCH3 is 1. The highest BCUT2D eigenvalue weighted by atomic mass is 16.6. The van der Waals surface area contributed by atoms with Crippen LogP contribution in [0.25, 0.3) is 0 Å². The Bertz CT molecular complexity index is 869. The highest BCUT2D eigenvalue weighted by Gasteiger charge is 2.14. The summed E-state index contributed by atoms with van der Waals surface area (Å²) in [5, 5.41) is 0. The summed E-state index contributed by atoms with van der Waals surface area (Å²) in [6, 6.07) is 10.1. The number of aryl methyl sites for hydroxylation is 2. The topological polar surface area (TPSA) is 78.9 Å². The zero-order chi connectivity index (χ0) is 20.0. The smallest absolute Gasteiger partial charge is 0.344 e. The van der Waals surface area contributed by atoms with E-state index in [2.05, 4.69) is 0 Å². The molecule has 0 aliphatic rings. The molecule has 0 radical (unpaired) electrons. The minimum Gasteiger partial charge on any atom is -0.493 e. The van der Waals surface area contributed by atoms with Gasteiger partial charge in [-0.1, -0.05) is 23.8 Å². The van der Waals surface area contributed by atoms with Gasteiger partial charge in [0.1, 0.15) is 0 Å². The van der Waals surface area contributed by atoms with Crippen LogP contribution >= 0.6 is 0 Å². The van der Waals surface area contributed by atoms with E-state index in [4.69, 9.17) is 14.2 Å². The first-order valence-corrected chi connectivity index (χ1v) is 8.39. The first-order chi connectivity index (χ1) is 12.8. The van der Waals surface area contributed by atoms with Crippen molar-refractivity contribution in [3.8, 4) is 11.5 Å². The summed E-state index contributed by atoms with van der Waals surface area (Å²) >= 11 is 0. The second kappa shape index (κ2) is 8.98. The van der Waals surface area contributed by atoms with E-state index >= 15 is 0 Å². The van der Waals surface area contributed by atoms with E-state index in [0.717, 1.165) is 11.1 Å². The Kier molecular flexibility index (Phi) is 6.71. The van der Waals surface area contributed by atoms with Crippen LogP contribution in [-0.4, -0.2) is 37.9 Å². The normalized spacial score (nSPS) is 10.2. The van der Waals surface area contributed by atoms with Gasteiger partial charge >= 0.3 is 5.97 Å². The number of benzene rings is 2. The Labute approximate surface area is 158 Å². The molecule has 0 spiro atoms. The van der Waals surface area contributed by atoms with E-state index in [9.17, 15) is 14.4 Å². The van der Waals surface area contributed by atoms with Crippen LogP contribution in [0.2, 0.25) is 0 Å². The minimum absolute atomic E-state index is 0.107. The van der Waals surface area contributed by atoms with Gasteiger partial charge in [0.05, 0.1) is 7.11 Å². The number of carbonyl (C=O) groups is 3. The standard InChI is InChI=1S/C21H22O6/c1-13-5-7-17(14(2)9-13)18(23)11-27-21(24)12-26-19-8-6-16(15(3)22)10-20(19)25-4/h5-10H,11-12H2,1-4H3. The van der Waals surface area contributed by atoms with Gasteiger partial charge in [0.15, 0.2) is 30.5 Å². The quantitative estimate of drug-likeness (QED) is 0.524. The molecule has 0 saturated heterocycles. The van der Waals surface area contributed by atoms with Gasteiger partial charge in [-0.25, -0.2) is 4.79 Å². The fourth-order valence-electron chi connectivity index (χ4n) is 2.53. The Balaban J connectivity index is 1.91. The SMILES string of the molecule is COc1cc(C(C)=O)ccc1OCC(=O)OCC(=O)c1ccc(C)cc1C. The molecule has 2 rings (SSSR count). The molecular weight excluding hydrogens is 348 g/mol. The van der Waals surface area contributed by atoms with E-state index in [-0.39, 0.29) is 24.8 Å². The molecule has 142 valence electrons. The molecule has 0 heterocycles. The number of ether oxygens (including phenoxy) is 3. The van der Waals surface area contributed by atoms with Crippen molar-refractivity contribution in [3.05, 3.63) is 58.7 Å².